The van der Waals surface area contributed by atoms with E-state index in [1.165, 1.54) is 27.3 Å². The van der Waals surface area contributed by atoms with Crippen molar-refractivity contribution < 1.29 is 0 Å². The first-order valence-corrected chi connectivity index (χ1v) is 5.35. The Labute approximate surface area is 94.0 Å². The first kappa shape index (κ1) is 9.28. The number of nitrogens with zero attached hydrogens (tertiary/aromatic N) is 2. The van der Waals surface area contributed by atoms with E-state index in [0.717, 1.165) is 5.52 Å². The molecule has 0 amide bonds. The molecular weight excluding hydrogens is 196 g/mol. The van der Waals surface area contributed by atoms with Crippen LogP contribution in [-0.4, -0.2) is 9.97 Å². The molecule has 78 valence electrons. The molecule has 0 saturated heterocycles. The average Bonchev–Trinajstić information content (AvgIpc) is 2.29. The van der Waals surface area contributed by atoms with E-state index in [2.05, 4.69) is 42.0 Å². The molecule has 0 N–H and O–H groups in total. The van der Waals surface area contributed by atoms with Gasteiger partial charge in [-0.15, -0.1) is 0 Å². The van der Waals surface area contributed by atoms with Crippen molar-refractivity contribution in [3.8, 4) is 0 Å². The van der Waals surface area contributed by atoms with Gasteiger partial charge in [-0.2, -0.15) is 0 Å². The molecule has 0 aliphatic heterocycles. The molecule has 3 aromatic rings. The van der Waals surface area contributed by atoms with Crippen LogP contribution in [-0.2, 0) is 0 Å². The quantitative estimate of drug-likeness (QED) is 0.529. The first-order chi connectivity index (χ1) is 7.75. The predicted molar refractivity (Wildman–Crippen MR) is 66.5 cm³/mol. The molecule has 0 unspecified atom stereocenters. The van der Waals surface area contributed by atoms with Crippen molar-refractivity contribution in [3.63, 3.8) is 0 Å². The van der Waals surface area contributed by atoms with Crippen LogP contribution in [0.25, 0.3) is 21.7 Å². The van der Waals surface area contributed by atoms with E-state index in [-0.39, 0.29) is 0 Å². The van der Waals surface area contributed by atoms with Crippen LogP contribution in [0.5, 0.6) is 0 Å². The zero-order chi connectivity index (χ0) is 11.1. The summed E-state index contributed by atoms with van der Waals surface area (Å²) >= 11 is 0. The highest BCUT2D eigenvalue weighted by Crippen LogP contribution is 2.25. The van der Waals surface area contributed by atoms with Crippen molar-refractivity contribution in [1.29, 1.82) is 0 Å². The Morgan fingerprint density at radius 2 is 1.75 bits per heavy atom. The highest BCUT2D eigenvalue weighted by Gasteiger charge is 2.03. The van der Waals surface area contributed by atoms with Gasteiger partial charge in [0.2, 0.25) is 0 Å². The van der Waals surface area contributed by atoms with Crippen molar-refractivity contribution in [2.45, 2.75) is 13.8 Å². The van der Waals surface area contributed by atoms with Gasteiger partial charge in [0.05, 0.1) is 5.52 Å². The smallest absolute Gasteiger partial charge is 0.0709 e. The molecule has 0 spiro atoms. The number of hydrogen-bond donors (Lipinski definition) is 0. The summed E-state index contributed by atoms with van der Waals surface area (Å²) in [6.45, 7) is 4.15. The fourth-order valence-electron chi connectivity index (χ4n) is 2.10. The number of rotatable bonds is 0. The lowest BCUT2D eigenvalue weighted by Gasteiger charge is -2.05. The van der Waals surface area contributed by atoms with Crippen LogP contribution in [0.4, 0.5) is 0 Å². The third-order valence-corrected chi connectivity index (χ3v) is 2.94. The SMILES string of the molecule is Cc1cnc2ccc3c(C)cncc3c2c1. The van der Waals surface area contributed by atoms with Crippen molar-refractivity contribution in [2.24, 2.45) is 0 Å². The summed E-state index contributed by atoms with van der Waals surface area (Å²) < 4.78 is 0. The van der Waals surface area contributed by atoms with Crippen LogP contribution in [0.3, 0.4) is 0 Å². The molecular formula is C14H12N2. The summed E-state index contributed by atoms with van der Waals surface area (Å²) in [6.07, 6.45) is 5.72. The summed E-state index contributed by atoms with van der Waals surface area (Å²) in [5.41, 5.74) is 3.42. The molecule has 0 atom stereocenters. The lowest BCUT2D eigenvalue weighted by atomic mass is 10.0. The second-order valence-electron chi connectivity index (χ2n) is 4.20. The van der Waals surface area contributed by atoms with Gasteiger partial charge in [-0.3, -0.25) is 9.97 Å². The van der Waals surface area contributed by atoms with Crippen LogP contribution in [0, 0.1) is 13.8 Å². The minimum absolute atomic E-state index is 1.03. The van der Waals surface area contributed by atoms with Gasteiger partial charge in [0.1, 0.15) is 0 Å². The second-order valence-corrected chi connectivity index (χ2v) is 4.20. The van der Waals surface area contributed by atoms with E-state index in [0.29, 0.717) is 0 Å². The number of benzene rings is 1. The molecule has 2 heteroatoms. The lowest BCUT2D eigenvalue weighted by Crippen LogP contribution is -1.86. The Balaban J connectivity index is 2.58. The van der Waals surface area contributed by atoms with Gasteiger partial charge in [-0.05, 0) is 42.5 Å². The molecule has 0 aliphatic rings. The Morgan fingerprint density at radius 3 is 2.62 bits per heavy atom. The maximum atomic E-state index is 4.43. The standard InChI is InChI=1S/C14H12N2/c1-9-5-12-13-8-15-7-10(2)11(13)3-4-14(12)16-6-9/h3-8H,1-2H3. The molecule has 2 nitrogen and oxygen atoms in total. The maximum absolute atomic E-state index is 4.43. The highest BCUT2D eigenvalue weighted by molar-refractivity contribution is 6.06. The van der Waals surface area contributed by atoms with E-state index < -0.39 is 0 Å². The van der Waals surface area contributed by atoms with E-state index in [1.54, 1.807) is 0 Å². The maximum Gasteiger partial charge on any atom is 0.0709 e. The summed E-state index contributed by atoms with van der Waals surface area (Å²) in [7, 11) is 0. The average molecular weight is 208 g/mol. The van der Waals surface area contributed by atoms with Crippen molar-refractivity contribution >= 4 is 21.7 Å². The topological polar surface area (TPSA) is 25.8 Å². The van der Waals surface area contributed by atoms with E-state index in [9.17, 15) is 0 Å². The minimum atomic E-state index is 1.03. The molecule has 2 heterocycles. The van der Waals surface area contributed by atoms with E-state index >= 15 is 0 Å². The molecule has 0 saturated carbocycles. The largest absolute Gasteiger partial charge is 0.264 e. The normalized spacial score (nSPS) is 11.1. The van der Waals surface area contributed by atoms with Gasteiger partial charge in [0.25, 0.3) is 0 Å². The molecule has 16 heavy (non-hydrogen) atoms. The molecule has 3 rings (SSSR count). The van der Waals surface area contributed by atoms with Gasteiger partial charge in [0.15, 0.2) is 0 Å². The third kappa shape index (κ3) is 1.27. The summed E-state index contributed by atoms with van der Waals surface area (Å²) in [5.74, 6) is 0. The number of aryl methyl sites for hydroxylation is 2. The second kappa shape index (κ2) is 3.27. The molecule has 0 bridgehead atoms. The van der Waals surface area contributed by atoms with E-state index in [4.69, 9.17) is 0 Å². The Kier molecular flexibility index (Phi) is 1.90. The number of pyridine rings is 2. The monoisotopic (exact) mass is 208 g/mol. The molecule has 2 aromatic heterocycles. The molecule has 0 radical (unpaired) electrons. The third-order valence-electron chi connectivity index (χ3n) is 2.94. The van der Waals surface area contributed by atoms with Crippen LogP contribution >= 0.6 is 0 Å². The van der Waals surface area contributed by atoms with Crippen LogP contribution in [0.1, 0.15) is 11.1 Å². The Hall–Kier alpha value is -1.96. The predicted octanol–water partition coefficient (Wildman–Crippen LogP) is 3.40. The summed E-state index contributed by atoms with van der Waals surface area (Å²) in [4.78, 5) is 8.70. The molecule has 1 aromatic carbocycles. The van der Waals surface area contributed by atoms with Crippen LogP contribution < -0.4 is 0 Å². The Bertz CT molecular complexity index is 687. The van der Waals surface area contributed by atoms with Crippen molar-refractivity contribution in [3.05, 3.63) is 47.9 Å². The van der Waals surface area contributed by atoms with E-state index in [1.807, 2.05) is 18.6 Å². The number of fused-ring (bicyclic) bond motifs is 3. The minimum Gasteiger partial charge on any atom is -0.264 e. The molecule has 0 aliphatic carbocycles. The van der Waals surface area contributed by atoms with Crippen LogP contribution in [0.15, 0.2) is 36.8 Å². The van der Waals surface area contributed by atoms with Crippen molar-refractivity contribution in [1.82, 2.24) is 9.97 Å². The van der Waals surface area contributed by atoms with Crippen LogP contribution in [0.2, 0.25) is 0 Å². The highest BCUT2D eigenvalue weighted by atomic mass is 14.7. The van der Waals surface area contributed by atoms with Crippen molar-refractivity contribution in [2.75, 3.05) is 0 Å². The summed E-state index contributed by atoms with van der Waals surface area (Å²) in [5, 5.41) is 3.64. The zero-order valence-electron chi connectivity index (χ0n) is 9.36. The van der Waals surface area contributed by atoms with Gasteiger partial charge < -0.3 is 0 Å². The van der Waals surface area contributed by atoms with Gasteiger partial charge in [-0.1, -0.05) is 6.07 Å². The number of hydrogen-bond acceptors (Lipinski definition) is 2. The molecule has 0 fully saturated rings. The van der Waals surface area contributed by atoms with Gasteiger partial charge in [-0.25, -0.2) is 0 Å². The Morgan fingerprint density at radius 1 is 0.875 bits per heavy atom. The first-order valence-electron chi connectivity index (χ1n) is 5.35. The fraction of sp³-hybridized carbons (Fsp3) is 0.143. The van der Waals surface area contributed by atoms with Gasteiger partial charge >= 0.3 is 0 Å². The summed E-state index contributed by atoms with van der Waals surface area (Å²) in [6, 6.07) is 6.37. The number of aromatic nitrogens is 2. The zero-order valence-corrected chi connectivity index (χ0v) is 9.36. The lowest BCUT2D eigenvalue weighted by molar-refractivity contribution is 1.30. The fourth-order valence-corrected chi connectivity index (χ4v) is 2.10. The van der Waals surface area contributed by atoms with Gasteiger partial charge in [0, 0.05) is 29.4 Å².